The summed E-state index contributed by atoms with van der Waals surface area (Å²) in [6.07, 6.45) is 5.56. The van der Waals surface area contributed by atoms with Gasteiger partial charge in [0.1, 0.15) is 5.75 Å². The van der Waals surface area contributed by atoms with Crippen LogP contribution < -0.4 is 4.74 Å². The number of thioether (sulfide) groups is 1. The molecule has 5 heteroatoms. The number of carbonyl (C=O) groups excluding carboxylic acids is 1. The van der Waals surface area contributed by atoms with E-state index < -0.39 is 0 Å². The van der Waals surface area contributed by atoms with Crippen LogP contribution in [0, 0.1) is 5.92 Å². The molecule has 1 amide bonds. The Labute approximate surface area is 134 Å². The summed E-state index contributed by atoms with van der Waals surface area (Å²) in [4.78, 5) is 18.9. The van der Waals surface area contributed by atoms with Crippen molar-refractivity contribution in [2.75, 3.05) is 12.9 Å². The zero-order valence-electron chi connectivity index (χ0n) is 12.5. The van der Waals surface area contributed by atoms with E-state index in [9.17, 15) is 4.79 Å². The van der Waals surface area contributed by atoms with E-state index in [0.29, 0.717) is 11.7 Å². The number of hydrogen-bond donors (Lipinski definition) is 0. The quantitative estimate of drug-likeness (QED) is 0.840. The van der Waals surface area contributed by atoms with Crippen LogP contribution in [0.25, 0.3) is 0 Å². The van der Waals surface area contributed by atoms with E-state index in [-0.39, 0.29) is 11.9 Å². The minimum atomic E-state index is 0.113. The predicted molar refractivity (Wildman–Crippen MR) is 87.9 cm³/mol. The first kappa shape index (κ1) is 13.9. The van der Waals surface area contributed by atoms with Gasteiger partial charge in [0.05, 0.1) is 18.9 Å². The summed E-state index contributed by atoms with van der Waals surface area (Å²) in [5, 5.41) is 0.871. The Kier molecular flexibility index (Phi) is 3.45. The molecule has 1 aliphatic carbocycles. The van der Waals surface area contributed by atoms with Crippen LogP contribution in [0.15, 0.2) is 41.0 Å². The van der Waals surface area contributed by atoms with E-state index in [0.717, 1.165) is 23.8 Å². The zero-order chi connectivity index (χ0) is 15.1. The van der Waals surface area contributed by atoms with Crippen molar-refractivity contribution in [2.24, 2.45) is 10.9 Å². The monoisotopic (exact) mass is 314 g/mol. The van der Waals surface area contributed by atoms with E-state index in [1.807, 2.05) is 17.0 Å². The largest absolute Gasteiger partial charge is 0.497 e. The number of rotatable bonds is 2. The standard InChI is InChI=1S/C17H18N2O2S/c1-21-12-8-6-11(7-9-12)16-13-4-2-3-5-14(13)19-15(20)10-22-17(19)18-16/h5-9,13,16H,2-4,10H2,1H3. The molecule has 0 bridgehead atoms. The van der Waals surface area contributed by atoms with Crippen LogP contribution in [0.1, 0.15) is 30.9 Å². The van der Waals surface area contributed by atoms with Gasteiger partial charge in [-0.2, -0.15) is 0 Å². The molecule has 0 radical (unpaired) electrons. The van der Waals surface area contributed by atoms with E-state index in [4.69, 9.17) is 9.73 Å². The predicted octanol–water partition coefficient (Wildman–Crippen LogP) is 3.37. The Bertz CT molecular complexity index is 666. The highest BCUT2D eigenvalue weighted by molar-refractivity contribution is 8.15. The van der Waals surface area contributed by atoms with Crippen LogP contribution in [0.2, 0.25) is 0 Å². The van der Waals surface area contributed by atoms with Gasteiger partial charge in [0.2, 0.25) is 5.91 Å². The summed E-state index contributed by atoms with van der Waals surface area (Å²) >= 11 is 1.56. The number of hydrogen-bond acceptors (Lipinski definition) is 4. The second-order valence-electron chi connectivity index (χ2n) is 5.81. The minimum absolute atomic E-state index is 0.113. The van der Waals surface area contributed by atoms with Crippen molar-refractivity contribution in [3.8, 4) is 5.75 Å². The lowest BCUT2D eigenvalue weighted by molar-refractivity contribution is -0.123. The lowest BCUT2D eigenvalue weighted by Gasteiger charge is -2.38. The van der Waals surface area contributed by atoms with E-state index in [1.54, 1.807) is 18.9 Å². The Morgan fingerprint density at radius 3 is 2.91 bits per heavy atom. The van der Waals surface area contributed by atoms with E-state index >= 15 is 0 Å². The molecule has 4 rings (SSSR count). The molecule has 3 aliphatic rings. The molecule has 0 N–H and O–H groups in total. The van der Waals surface area contributed by atoms with Gasteiger partial charge in [-0.25, -0.2) is 0 Å². The summed E-state index contributed by atoms with van der Waals surface area (Å²) in [7, 11) is 1.68. The van der Waals surface area contributed by atoms with Crippen molar-refractivity contribution in [1.29, 1.82) is 0 Å². The molecule has 1 fully saturated rings. The van der Waals surface area contributed by atoms with Gasteiger partial charge in [-0.15, -0.1) is 0 Å². The molecule has 0 saturated carbocycles. The maximum absolute atomic E-state index is 12.2. The Hall–Kier alpha value is -1.75. The van der Waals surface area contributed by atoms with Gasteiger partial charge in [0.15, 0.2) is 5.17 Å². The van der Waals surface area contributed by atoms with Crippen molar-refractivity contribution < 1.29 is 9.53 Å². The molecule has 0 aromatic heterocycles. The molecule has 1 aromatic carbocycles. The van der Waals surface area contributed by atoms with Crippen LogP contribution in [-0.4, -0.2) is 28.8 Å². The number of carbonyl (C=O) groups is 1. The Morgan fingerprint density at radius 2 is 2.14 bits per heavy atom. The fourth-order valence-electron chi connectivity index (χ4n) is 3.49. The molecular formula is C17H18N2O2S. The topological polar surface area (TPSA) is 41.9 Å². The van der Waals surface area contributed by atoms with Crippen molar-refractivity contribution >= 4 is 22.8 Å². The van der Waals surface area contributed by atoms with Crippen molar-refractivity contribution in [3.05, 3.63) is 41.6 Å². The summed E-state index contributed by atoms with van der Waals surface area (Å²) < 4.78 is 5.24. The third-order valence-electron chi connectivity index (χ3n) is 4.56. The maximum Gasteiger partial charge on any atom is 0.243 e. The maximum atomic E-state index is 12.2. The summed E-state index contributed by atoms with van der Waals surface area (Å²) in [6, 6.07) is 8.28. The number of ether oxygens (including phenoxy) is 1. The first-order valence-electron chi connectivity index (χ1n) is 7.65. The van der Waals surface area contributed by atoms with Crippen LogP contribution >= 0.6 is 11.8 Å². The minimum Gasteiger partial charge on any atom is -0.497 e. The van der Waals surface area contributed by atoms with Crippen LogP contribution in [0.5, 0.6) is 5.75 Å². The second kappa shape index (κ2) is 5.47. The van der Waals surface area contributed by atoms with Gasteiger partial charge in [-0.05, 0) is 37.0 Å². The molecule has 2 heterocycles. The number of amidine groups is 1. The normalized spacial score (nSPS) is 27.0. The number of benzene rings is 1. The second-order valence-corrected chi connectivity index (χ2v) is 6.76. The summed E-state index contributed by atoms with van der Waals surface area (Å²) in [6.45, 7) is 0. The number of nitrogens with zero attached hydrogens (tertiary/aromatic N) is 2. The van der Waals surface area contributed by atoms with Gasteiger partial charge in [0.25, 0.3) is 0 Å². The lowest BCUT2D eigenvalue weighted by Crippen LogP contribution is -2.39. The molecular weight excluding hydrogens is 296 g/mol. The Morgan fingerprint density at radius 1 is 1.32 bits per heavy atom. The lowest BCUT2D eigenvalue weighted by atomic mass is 9.81. The highest BCUT2D eigenvalue weighted by atomic mass is 32.2. The van der Waals surface area contributed by atoms with Crippen LogP contribution in [0.3, 0.4) is 0 Å². The summed E-state index contributed by atoms with van der Waals surface area (Å²) in [5.74, 6) is 1.86. The molecule has 0 spiro atoms. The number of methoxy groups -OCH3 is 1. The molecule has 114 valence electrons. The van der Waals surface area contributed by atoms with Crippen molar-refractivity contribution in [1.82, 2.24) is 4.90 Å². The van der Waals surface area contributed by atoms with Crippen molar-refractivity contribution in [2.45, 2.75) is 25.3 Å². The first-order chi connectivity index (χ1) is 10.8. The van der Waals surface area contributed by atoms with Gasteiger partial charge in [-0.1, -0.05) is 30.0 Å². The van der Waals surface area contributed by atoms with Crippen LogP contribution in [-0.2, 0) is 4.79 Å². The number of fused-ring (bicyclic) bond motifs is 3. The number of amides is 1. The molecule has 2 unspecified atom stereocenters. The molecule has 2 atom stereocenters. The van der Waals surface area contributed by atoms with Gasteiger partial charge in [-0.3, -0.25) is 14.7 Å². The average Bonchev–Trinajstić information content (AvgIpc) is 2.95. The molecule has 4 nitrogen and oxygen atoms in total. The zero-order valence-corrected chi connectivity index (χ0v) is 13.3. The van der Waals surface area contributed by atoms with E-state index in [2.05, 4.69) is 18.2 Å². The van der Waals surface area contributed by atoms with Gasteiger partial charge in [0, 0.05) is 11.6 Å². The highest BCUT2D eigenvalue weighted by Crippen LogP contribution is 2.46. The van der Waals surface area contributed by atoms with Gasteiger partial charge < -0.3 is 4.74 Å². The number of aliphatic imine (C=N–C) groups is 1. The molecule has 1 saturated heterocycles. The highest BCUT2D eigenvalue weighted by Gasteiger charge is 2.42. The fraction of sp³-hybridized carbons (Fsp3) is 0.412. The third kappa shape index (κ3) is 2.15. The van der Waals surface area contributed by atoms with Crippen molar-refractivity contribution in [3.63, 3.8) is 0 Å². The third-order valence-corrected chi connectivity index (χ3v) is 5.50. The summed E-state index contributed by atoms with van der Waals surface area (Å²) in [5.41, 5.74) is 2.37. The first-order valence-corrected chi connectivity index (χ1v) is 8.64. The molecule has 1 aromatic rings. The number of allylic oxidation sites excluding steroid dienone is 1. The average molecular weight is 314 g/mol. The molecule has 2 aliphatic heterocycles. The smallest absolute Gasteiger partial charge is 0.243 e. The fourth-order valence-corrected chi connectivity index (χ4v) is 4.40. The Balaban J connectivity index is 1.76. The van der Waals surface area contributed by atoms with Crippen LogP contribution in [0.4, 0.5) is 0 Å². The SMILES string of the molecule is COc1ccc(C2N=C3SCC(=O)N3C3=CCCCC32)cc1. The molecule has 22 heavy (non-hydrogen) atoms. The van der Waals surface area contributed by atoms with Gasteiger partial charge >= 0.3 is 0 Å². The van der Waals surface area contributed by atoms with E-state index in [1.165, 1.54) is 17.7 Å².